The summed E-state index contributed by atoms with van der Waals surface area (Å²) in [5.74, 6) is -1.46. The Balaban J connectivity index is 3.11. The molecule has 0 saturated heterocycles. The molecule has 11 heteroatoms. The molecule has 1 heterocycles. The lowest BCUT2D eigenvalue weighted by molar-refractivity contribution is -0.122. The minimum absolute atomic E-state index is 0.0344. The van der Waals surface area contributed by atoms with Crippen LogP contribution in [0.4, 0.5) is 15.0 Å². The molecule has 152 valence electrons. The van der Waals surface area contributed by atoms with Crippen molar-refractivity contribution in [1.82, 2.24) is 10.3 Å². The van der Waals surface area contributed by atoms with Crippen LogP contribution in [0, 0.1) is 9.52 Å². The van der Waals surface area contributed by atoms with E-state index in [9.17, 15) is 14.0 Å². The SMILES string of the molecule is CC(Cl)(Cl)C[C@](C)(NC(=O)OC(C)(C)C)C(=O)Nc1cc(Br)c(I)c(F)n1. The van der Waals surface area contributed by atoms with Crippen LogP contribution in [0.5, 0.6) is 0 Å². The second-order valence-electron chi connectivity index (χ2n) is 7.25. The number of amides is 2. The van der Waals surface area contributed by atoms with Crippen molar-refractivity contribution in [1.29, 1.82) is 0 Å². The minimum atomic E-state index is -1.55. The predicted octanol–water partition coefficient (Wildman–Crippen LogP) is 5.39. The van der Waals surface area contributed by atoms with E-state index in [0.29, 0.717) is 4.47 Å². The van der Waals surface area contributed by atoms with Crippen LogP contribution in [0.25, 0.3) is 0 Å². The largest absolute Gasteiger partial charge is 0.444 e. The Morgan fingerprint density at radius 2 is 1.85 bits per heavy atom. The van der Waals surface area contributed by atoms with Crippen molar-refractivity contribution in [3.8, 4) is 0 Å². The predicted molar refractivity (Wildman–Crippen MR) is 116 cm³/mol. The molecule has 0 aliphatic heterocycles. The number of halogens is 5. The Morgan fingerprint density at radius 3 is 2.30 bits per heavy atom. The molecule has 0 aliphatic rings. The number of aromatic nitrogens is 1. The maximum Gasteiger partial charge on any atom is 0.408 e. The third-order valence-corrected chi connectivity index (χ3v) is 5.72. The van der Waals surface area contributed by atoms with Crippen LogP contribution in [0.1, 0.15) is 41.0 Å². The van der Waals surface area contributed by atoms with E-state index in [4.69, 9.17) is 27.9 Å². The van der Waals surface area contributed by atoms with Crippen molar-refractivity contribution < 1.29 is 18.7 Å². The molecule has 1 aromatic rings. The summed E-state index contributed by atoms with van der Waals surface area (Å²) in [5.41, 5.74) is -2.31. The van der Waals surface area contributed by atoms with Gasteiger partial charge in [-0.15, -0.1) is 23.2 Å². The molecule has 0 radical (unpaired) electrons. The van der Waals surface area contributed by atoms with Crippen LogP contribution in [0.3, 0.4) is 0 Å². The summed E-state index contributed by atoms with van der Waals surface area (Å²) in [7, 11) is 0. The van der Waals surface area contributed by atoms with Crippen LogP contribution in [0.15, 0.2) is 10.5 Å². The number of carbonyl (C=O) groups is 2. The zero-order valence-corrected chi connectivity index (χ0v) is 20.6. The number of pyridine rings is 1. The molecule has 0 unspecified atom stereocenters. The number of rotatable bonds is 5. The fourth-order valence-corrected chi connectivity index (χ4v) is 3.31. The summed E-state index contributed by atoms with van der Waals surface area (Å²) in [6.07, 6.45) is -0.956. The fourth-order valence-electron chi connectivity index (χ4n) is 2.12. The molecule has 6 nitrogen and oxygen atoms in total. The zero-order valence-electron chi connectivity index (χ0n) is 15.3. The van der Waals surface area contributed by atoms with Gasteiger partial charge in [0.15, 0.2) is 0 Å². The van der Waals surface area contributed by atoms with Crippen molar-refractivity contribution in [3.05, 3.63) is 20.1 Å². The van der Waals surface area contributed by atoms with E-state index in [-0.39, 0.29) is 15.8 Å². The van der Waals surface area contributed by atoms with E-state index < -0.39 is 33.4 Å². The smallest absolute Gasteiger partial charge is 0.408 e. The number of nitrogens with one attached hydrogen (secondary N) is 2. The van der Waals surface area contributed by atoms with Gasteiger partial charge in [0.2, 0.25) is 5.95 Å². The van der Waals surface area contributed by atoms with Crippen molar-refractivity contribution in [2.75, 3.05) is 5.32 Å². The van der Waals surface area contributed by atoms with Gasteiger partial charge in [0.25, 0.3) is 5.91 Å². The van der Waals surface area contributed by atoms with Crippen LogP contribution in [0.2, 0.25) is 0 Å². The van der Waals surface area contributed by atoms with Crippen LogP contribution in [-0.2, 0) is 9.53 Å². The minimum Gasteiger partial charge on any atom is -0.444 e. The van der Waals surface area contributed by atoms with Crippen LogP contribution in [-0.4, -0.2) is 32.5 Å². The first kappa shape index (κ1) is 24.6. The van der Waals surface area contributed by atoms with Crippen molar-refractivity contribution in [2.24, 2.45) is 0 Å². The van der Waals surface area contributed by atoms with Gasteiger partial charge in [-0.25, -0.2) is 9.78 Å². The second kappa shape index (κ2) is 8.96. The highest BCUT2D eigenvalue weighted by molar-refractivity contribution is 14.1. The average Bonchev–Trinajstić information content (AvgIpc) is 2.39. The molecule has 1 atom stereocenters. The number of nitrogens with zero attached hydrogens (tertiary/aromatic N) is 1. The highest BCUT2D eigenvalue weighted by Crippen LogP contribution is 2.32. The average molecular weight is 599 g/mol. The lowest BCUT2D eigenvalue weighted by Crippen LogP contribution is -2.57. The Kier molecular flexibility index (Phi) is 8.18. The molecular formula is C16H20BrCl2FIN3O3. The molecule has 0 aromatic carbocycles. The van der Waals surface area contributed by atoms with Crippen molar-refractivity contribution >= 4 is 79.5 Å². The van der Waals surface area contributed by atoms with E-state index in [2.05, 4.69) is 31.5 Å². The highest BCUT2D eigenvalue weighted by atomic mass is 127. The number of alkyl halides is 2. The maximum absolute atomic E-state index is 13.8. The van der Waals surface area contributed by atoms with Crippen molar-refractivity contribution in [3.63, 3.8) is 0 Å². The van der Waals surface area contributed by atoms with Gasteiger partial charge in [0.05, 0.1) is 3.57 Å². The van der Waals surface area contributed by atoms with Gasteiger partial charge in [-0.2, -0.15) is 4.39 Å². The molecule has 2 N–H and O–H groups in total. The first-order valence-electron chi connectivity index (χ1n) is 7.74. The van der Waals surface area contributed by atoms with Crippen LogP contribution < -0.4 is 10.6 Å². The molecule has 1 aromatic heterocycles. The van der Waals surface area contributed by atoms with Gasteiger partial charge >= 0.3 is 6.09 Å². The molecule has 0 aliphatic carbocycles. The monoisotopic (exact) mass is 597 g/mol. The summed E-state index contributed by atoms with van der Waals surface area (Å²) < 4.78 is 18.4. The number of ether oxygens (including phenoxy) is 1. The van der Waals surface area contributed by atoms with Gasteiger partial charge < -0.3 is 15.4 Å². The molecule has 0 fully saturated rings. The summed E-state index contributed by atoms with van der Waals surface area (Å²) in [6, 6.07) is 1.44. The fraction of sp³-hybridized carbons (Fsp3) is 0.562. The molecule has 27 heavy (non-hydrogen) atoms. The third-order valence-electron chi connectivity index (χ3n) is 3.06. The number of carbonyl (C=O) groups excluding carboxylic acids is 2. The normalized spacial score (nSPS) is 14.3. The Bertz CT molecular complexity index is 718. The molecule has 0 spiro atoms. The van der Waals surface area contributed by atoms with E-state index in [1.807, 2.05) is 0 Å². The first-order chi connectivity index (χ1) is 12.0. The molecule has 0 bridgehead atoms. The maximum atomic E-state index is 13.8. The van der Waals surface area contributed by atoms with E-state index >= 15 is 0 Å². The van der Waals surface area contributed by atoms with Gasteiger partial charge in [-0.05, 0) is 79.2 Å². The number of alkyl carbamates (subject to hydrolysis) is 1. The highest BCUT2D eigenvalue weighted by Gasteiger charge is 2.42. The quantitative estimate of drug-likeness (QED) is 0.270. The molecule has 2 amide bonds. The van der Waals surface area contributed by atoms with E-state index in [0.717, 1.165) is 0 Å². The van der Waals surface area contributed by atoms with Crippen molar-refractivity contribution in [2.45, 2.75) is 56.5 Å². The standard InChI is InChI=1S/C16H20BrCl2FIN3O3/c1-14(2,3)27-13(26)24-15(4,7-16(5,18)19)12(25)23-9-6-8(17)10(21)11(20)22-9/h6H,7H2,1-5H3,(H,24,26)(H,22,23,25)/t15-/m0/s1. The first-order valence-corrected chi connectivity index (χ1v) is 10.4. The van der Waals surface area contributed by atoms with Gasteiger partial charge in [-0.1, -0.05) is 0 Å². The molecule has 1 rings (SSSR count). The Morgan fingerprint density at radius 1 is 1.30 bits per heavy atom. The topological polar surface area (TPSA) is 80.3 Å². The number of anilines is 1. The number of hydrogen-bond acceptors (Lipinski definition) is 4. The summed E-state index contributed by atoms with van der Waals surface area (Å²) in [5, 5.41) is 4.96. The van der Waals surface area contributed by atoms with Gasteiger partial charge in [0.1, 0.15) is 21.3 Å². The van der Waals surface area contributed by atoms with E-state index in [1.165, 1.54) is 19.9 Å². The van der Waals surface area contributed by atoms with Gasteiger partial charge in [0, 0.05) is 10.9 Å². The molecular weight excluding hydrogens is 579 g/mol. The third kappa shape index (κ3) is 8.25. The summed E-state index contributed by atoms with van der Waals surface area (Å²) >= 11 is 17.1. The van der Waals surface area contributed by atoms with Crippen LogP contribution >= 0.6 is 61.7 Å². The second-order valence-corrected chi connectivity index (χ2v) is 11.0. The lowest BCUT2D eigenvalue weighted by atomic mass is 9.94. The Labute approximate surface area is 189 Å². The molecule has 0 saturated carbocycles. The lowest BCUT2D eigenvalue weighted by Gasteiger charge is -2.33. The van der Waals surface area contributed by atoms with Gasteiger partial charge in [-0.3, -0.25) is 4.79 Å². The number of hydrogen-bond donors (Lipinski definition) is 2. The zero-order chi connectivity index (χ0) is 21.2. The summed E-state index contributed by atoms with van der Waals surface area (Å²) in [4.78, 5) is 28.7. The van der Waals surface area contributed by atoms with E-state index in [1.54, 1.807) is 43.4 Å². The summed E-state index contributed by atoms with van der Waals surface area (Å²) in [6.45, 7) is 7.98. The Hall–Kier alpha value is -0.390.